The van der Waals surface area contributed by atoms with Crippen molar-refractivity contribution in [2.24, 2.45) is 0 Å². The molecule has 5 heteroatoms. The summed E-state index contributed by atoms with van der Waals surface area (Å²) in [5.74, 6) is -0.539. The lowest BCUT2D eigenvalue weighted by atomic mass is 10.0. The average molecular weight is 317 g/mol. The number of rotatable bonds is 6. The molecule has 0 aliphatic carbocycles. The molecular formula is C17H19NO3S. The molecule has 0 bridgehead atoms. The lowest BCUT2D eigenvalue weighted by molar-refractivity contribution is -0.148. The molecule has 1 aromatic heterocycles. The Labute approximate surface area is 134 Å². The predicted octanol–water partition coefficient (Wildman–Crippen LogP) is 2.99. The van der Waals surface area contributed by atoms with E-state index in [-0.39, 0.29) is 11.9 Å². The fourth-order valence-corrected chi connectivity index (χ4v) is 2.88. The van der Waals surface area contributed by atoms with Crippen molar-refractivity contribution >= 4 is 23.2 Å². The van der Waals surface area contributed by atoms with Gasteiger partial charge in [0.2, 0.25) is 0 Å². The summed E-state index contributed by atoms with van der Waals surface area (Å²) in [6, 6.07) is 12.6. The maximum Gasteiger partial charge on any atom is 0.329 e. The van der Waals surface area contributed by atoms with E-state index in [1.54, 1.807) is 20.0 Å². The summed E-state index contributed by atoms with van der Waals surface area (Å²) >= 11 is 1.36. The lowest BCUT2D eigenvalue weighted by Crippen LogP contribution is -2.44. The lowest BCUT2D eigenvalue weighted by Gasteiger charge is -2.26. The fraction of sp³-hybridized carbons (Fsp3) is 0.294. The first-order valence-corrected chi connectivity index (χ1v) is 8.02. The quantitative estimate of drug-likeness (QED) is 0.770. The number of nitrogens with zero attached hydrogens (tertiary/aromatic N) is 1. The maximum absolute atomic E-state index is 12.5. The molecule has 0 fully saturated rings. The minimum atomic E-state index is -0.628. The van der Waals surface area contributed by atoms with Crippen molar-refractivity contribution in [2.45, 2.75) is 19.4 Å². The normalized spacial score (nSPS) is 11.7. The largest absolute Gasteiger partial charge is 0.464 e. The number of thiophene rings is 1. The Morgan fingerprint density at radius 3 is 2.50 bits per heavy atom. The van der Waals surface area contributed by atoms with Crippen molar-refractivity contribution in [3.8, 4) is 0 Å². The molecule has 1 amide bonds. The fourth-order valence-electron chi connectivity index (χ4n) is 2.17. The van der Waals surface area contributed by atoms with Crippen LogP contribution in [0.3, 0.4) is 0 Å². The van der Waals surface area contributed by atoms with E-state index in [0.29, 0.717) is 17.9 Å². The molecule has 4 nitrogen and oxygen atoms in total. The molecular weight excluding hydrogens is 298 g/mol. The van der Waals surface area contributed by atoms with Gasteiger partial charge in [0.1, 0.15) is 6.04 Å². The first kappa shape index (κ1) is 16.2. The zero-order valence-electron chi connectivity index (χ0n) is 12.7. The Morgan fingerprint density at radius 2 is 1.91 bits per heavy atom. The van der Waals surface area contributed by atoms with Crippen LogP contribution >= 0.6 is 11.3 Å². The molecule has 1 unspecified atom stereocenters. The molecule has 1 aromatic carbocycles. The molecule has 2 aromatic rings. The van der Waals surface area contributed by atoms with E-state index in [1.165, 1.54) is 16.2 Å². The number of amides is 1. The average Bonchev–Trinajstić information content (AvgIpc) is 3.07. The standard InChI is InChI=1S/C17H19NO3S/c1-3-21-17(20)14(12-13-8-5-4-6-9-13)18(2)16(19)15-10-7-11-22-15/h4-11,14H,3,12H2,1-2H3. The zero-order chi connectivity index (χ0) is 15.9. The van der Waals surface area contributed by atoms with Crippen LogP contribution in [0.2, 0.25) is 0 Å². The molecule has 2 rings (SSSR count). The number of hydrogen-bond acceptors (Lipinski definition) is 4. The van der Waals surface area contributed by atoms with Crippen molar-refractivity contribution in [1.82, 2.24) is 4.90 Å². The monoisotopic (exact) mass is 317 g/mol. The maximum atomic E-state index is 12.5. The van der Waals surface area contributed by atoms with Crippen LogP contribution in [0.25, 0.3) is 0 Å². The third-order valence-corrected chi connectivity index (χ3v) is 4.21. The van der Waals surface area contributed by atoms with Crippen LogP contribution in [0.4, 0.5) is 0 Å². The Bertz CT molecular complexity index is 610. The summed E-state index contributed by atoms with van der Waals surface area (Å²) in [6.07, 6.45) is 0.438. The Morgan fingerprint density at radius 1 is 1.18 bits per heavy atom. The van der Waals surface area contributed by atoms with Crippen LogP contribution in [0.5, 0.6) is 0 Å². The number of esters is 1. The van der Waals surface area contributed by atoms with Crippen molar-refractivity contribution in [2.75, 3.05) is 13.7 Å². The van der Waals surface area contributed by atoms with Crippen LogP contribution in [0, 0.1) is 0 Å². The summed E-state index contributed by atoms with van der Waals surface area (Å²) in [6.45, 7) is 2.06. The molecule has 1 atom stereocenters. The first-order chi connectivity index (χ1) is 10.6. The number of benzene rings is 1. The van der Waals surface area contributed by atoms with E-state index in [1.807, 2.05) is 41.8 Å². The van der Waals surface area contributed by atoms with Gasteiger partial charge in [-0.2, -0.15) is 0 Å². The van der Waals surface area contributed by atoms with Gasteiger partial charge in [-0.3, -0.25) is 4.79 Å². The number of ether oxygens (including phenoxy) is 1. The Hall–Kier alpha value is -2.14. The van der Waals surface area contributed by atoms with Crippen molar-refractivity contribution in [1.29, 1.82) is 0 Å². The molecule has 0 radical (unpaired) electrons. The van der Waals surface area contributed by atoms with Crippen LogP contribution in [0.15, 0.2) is 47.8 Å². The van der Waals surface area contributed by atoms with Gasteiger partial charge in [-0.25, -0.2) is 4.79 Å². The van der Waals surface area contributed by atoms with Gasteiger partial charge < -0.3 is 9.64 Å². The van der Waals surface area contributed by atoms with E-state index < -0.39 is 6.04 Å². The van der Waals surface area contributed by atoms with Crippen molar-refractivity contribution in [3.05, 3.63) is 58.3 Å². The number of carbonyl (C=O) groups excluding carboxylic acids is 2. The SMILES string of the molecule is CCOC(=O)C(Cc1ccccc1)N(C)C(=O)c1cccs1. The van der Waals surface area contributed by atoms with Crippen LogP contribution < -0.4 is 0 Å². The van der Waals surface area contributed by atoms with E-state index in [0.717, 1.165) is 5.56 Å². The van der Waals surface area contributed by atoms with Crippen molar-refractivity contribution in [3.63, 3.8) is 0 Å². The topological polar surface area (TPSA) is 46.6 Å². The van der Waals surface area contributed by atoms with Crippen LogP contribution in [-0.2, 0) is 16.0 Å². The molecule has 22 heavy (non-hydrogen) atoms. The summed E-state index contributed by atoms with van der Waals surface area (Å²) in [5, 5.41) is 1.84. The summed E-state index contributed by atoms with van der Waals surface area (Å²) in [7, 11) is 1.65. The molecule has 0 saturated carbocycles. The molecule has 0 aliphatic rings. The van der Waals surface area contributed by atoms with Gasteiger partial charge in [-0.1, -0.05) is 36.4 Å². The Balaban J connectivity index is 2.19. The van der Waals surface area contributed by atoms with Gasteiger partial charge in [0.25, 0.3) is 5.91 Å². The van der Waals surface area contributed by atoms with E-state index in [2.05, 4.69) is 0 Å². The molecule has 116 valence electrons. The molecule has 0 aliphatic heterocycles. The highest BCUT2D eigenvalue weighted by molar-refractivity contribution is 7.12. The van der Waals surface area contributed by atoms with Gasteiger partial charge in [-0.15, -0.1) is 11.3 Å². The van der Waals surface area contributed by atoms with Gasteiger partial charge in [-0.05, 0) is 23.9 Å². The molecule has 0 saturated heterocycles. The molecule has 1 heterocycles. The van der Waals surface area contributed by atoms with Gasteiger partial charge >= 0.3 is 5.97 Å². The number of hydrogen-bond donors (Lipinski definition) is 0. The van der Waals surface area contributed by atoms with Crippen LogP contribution in [-0.4, -0.2) is 36.5 Å². The predicted molar refractivity (Wildman–Crippen MR) is 87.0 cm³/mol. The number of likely N-dealkylation sites (N-methyl/N-ethyl adjacent to an activating group) is 1. The summed E-state index contributed by atoms with van der Waals surface area (Å²) < 4.78 is 5.14. The summed E-state index contributed by atoms with van der Waals surface area (Å²) in [4.78, 5) is 26.8. The second-order valence-electron chi connectivity index (χ2n) is 4.85. The van der Waals surface area contributed by atoms with Gasteiger partial charge in [0, 0.05) is 13.5 Å². The minimum absolute atomic E-state index is 0.163. The van der Waals surface area contributed by atoms with E-state index in [4.69, 9.17) is 4.74 Å². The highest BCUT2D eigenvalue weighted by Gasteiger charge is 2.29. The second kappa shape index (κ2) is 7.75. The highest BCUT2D eigenvalue weighted by atomic mass is 32.1. The van der Waals surface area contributed by atoms with E-state index in [9.17, 15) is 9.59 Å². The molecule has 0 N–H and O–H groups in total. The zero-order valence-corrected chi connectivity index (χ0v) is 13.5. The van der Waals surface area contributed by atoms with Crippen molar-refractivity contribution < 1.29 is 14.3 Å². The third kappa shape index (κ3) is 3.95. The van der Waals surface area contributed by atoms with Gasteiger partial charge in [0.15, 0.2) is 0 Å². The smallest absolute Gasteiger partial charge is 0.329 e. The highest BCUT2D eigenvalue weighted by Crippen LogP contribution is 2.16. The minimum Gasteiger partial charge on any atom is -0.464 e. The number of carbonyl (C=O) groups is 2. The summed E-state index contributed by atoms with van der Waals surface area (Å²) in [5.41, 5.74) is 0.992. The van der Waals surface area contributed by atoms with Gasteiger partial charge in [0.05, 0.1) is 11.5 Å². The van der Waals surface area contributed by atoms with Crippen LogP contribution in [0.1, 0.15) is 22.2 Å². The van der Waals surface area contributed by atoms with E-state index >= 15 is 0 Å². The third-order valence-electron chi connectivity index (χ3n) is 3.35. The Kier molecular flexibility index (Phi) is 5.72. The first-order valence-electron chi connectivity index (χ1n) is 7.14. The second-order valence-corrected chi connectivity index (χ2v) is 5.80. The molecule has 0 spiro atoms.